The highest BCUT2D eigenvalue weighted by molar-refractivity contribution is 7.11. The fourth-order valence-electron chi connectivity index (χ4n) is 2.57. The number of imide groups is 1. The Morgan fingerprint density at radius 2 is 1.79 bits per heavy atom. The molecule has 5 heteroatoms. The van der Waals surface area contributed by atoms with E-state index in [4.69, 9.17) is 0 Å². The van der Waals surface area contributed by atoms with Crippen LogP contribution in [0.5, 0.6) is 0 Å². The molecule has 0 fully saturated rings. The second-order valence-corrected chi connectivity index (χ2v) is 6.36. The second kappa shape index (κ2) is 7.24. The minimum absolute atomic E-state index is 0.207. The van der Waals surface area contributed by atoms with Gasteiger partial charge in [-0.15, -0.1) is 11.3 Å². The van der Waals surface area contributed by atoms with Crippen molar-refractivity contribution in [3.63, 3.8) is 0 Å². The number of amides is 2. The van der Waals surface area contributed by atoms with Crippen molar-refractivity contribution in [1.29, 1.82) is 0 Å². The van der Waals surface area contributed by atoms with Crippen molar-refractivity contribution in [3.8, 4) is 11.8 Å². The van der Waals surface area contributed by atoms with Crippen molar-refractivity contribution >= 4 is 29.4 Å². The number of fused-ring (bicyclic) bond motifs is 1. The molecular formula is C19H15NO3S. The Kier molecular flexibility index (Phi) is 4.88. The maximum atomic E-state index is 12.2. The quantitative estimate of drug-likeness (QED) is 0.364. The molecule has 3 rings (SSSR count). The van der Waals surface area contributed by atoms with Crippen molar-refractivity contribution in [1.82, 2.24) is 4.90 Å². The van der Waals surface area contributed by atoms with Gasteiger partial charge in [-0.05, 0) is 31.0 Å². The molecule has 0 saturated carbocycles. The van der Waals surface area contributed by atoms with Crippen molar-refractivity contribution in [2.45, 2.75) is 19.3 Å². The summed E-state index contributed by atoms with van der Waals surface area (Å²) in [5, 5.41) is 1.86. The summed E-state index contributed by atoms with van der Waals surface area (Å²) in [4.78, 5) is 37.0. The molecule has 0 atom stereocenters. The van der Waals surface area contributed by atoms with Crippen LogP contribution in [0.3, 0.4) is 0 Å². The lowest BCUT2D eigenvalue weighted by Crippen LogP contribution is -2.30. The molecule has 1 aliphatic rings. The smallest absolute Gasteiger partial charge is 0.261 e. The molecule has 0 aliphatic carbocycles. The Morgan fingerprint density at radius 3 is 2.42 bits per heavy atom. The molecule has 2 amide bonds. The lowest BCUT2D eigenvalue weighted by molar-refractivity contribution is 0.0651. The summed E-state index contributed by atoms with van der Waals surface area (Å²) in [5.74, 6) is 5.66. The van der Waals surface area contributed by atoms with E-state index in [1.165, 1.54) is 16.2 Å². The van der Waals surface area contributed by atoms with E-state index in [2.05, 4.69) is 11.8 Å². The van der Waals surface area contributed by atoms with E-state index in [1.807, 2.05) is 5.38 Å². The van der Waals surface area contributed by atoms with Crippen LogP contribution in [0.15, 0.2) is 35.7 Å². The van der Waals surface area contributed by atoms with E-state index < -0.39 is 0 Å². The number of benzene rings is 1. The van der Waals surface area contributed by atoms with Gasteiger partial charge in [-0.25, -0.2) is 0 Å². The molecule has 1 aliphatic heterocycles. The third kappa shape index (κ3) is 3.29. The second-order valence-electron chi connectivity index (χ2n) is 5.42. The van der Waals surface area contributed by atoms with Gasteiger partial charge in [0.1, 0.15) is 0 Å². The number of hydrogen-bond donors (Lipinski definition) is 0. The molecule has 24 heavy (non-hydrogen) atoms. The number of carbonyl (C=O) groups is 3. The molecule has 0 spiro atoms. The molecule has 2 heterocycles. The van der Waals surface area contributed by atoms with Crippen molar-refractivity contribution < 1.29 is 14.4 Å². The Hall–Kier alpha value is -2.71. The zero-order chi connectivity index (χ0) is 16.9. The first-order chi connectivity index (χ1) is 11.7. The summed E-state index contributed by atoms with van der Waals surface area (Å²) < 4.78 is 0. The van der Waals surface area contributed by atoms with Gasteiger partial charge < -0.3 is 0 Å². The van der Waals surface area contributed by atoms with Crippen LogP contribution in [0.1, 0.15) is 55.2 Å². The van der Waals surface area contributed by atoms with Gasteiger partial charge in [0, 0.05) is 23.9 Å². The molecule has 0 N–H and O–H groups in total. The van der Waals surface area contributed by atoms with Gasteiger partial charge in [-0.3, -0.25) is 19.3 Å². The molecular weight excluding hydrogens is 322 g/mol. The summed E-state index contributed by atoms with van der Waals surface area (Å²) >= 11 is 1.38. The predicted octanol–water partition coefficient (Wildman–Crippen LogP) is 3.38. The highest BCUT2D eigenvalue weighted by atomic mass is 32.1. The third-order valence-electron chi connectivity index (χ3n) is 3.78. The Bertz CT molecular complexity index is 822. The average Bonchev–Trinajstić information content (AvgIpc) is 3.16. The SMILES string of the molecule is O=Cc1cc(C#CCCCCN2C(=O)c3ccccc3C2=O)cs1. The standard InChI is InChI=1S/C19H15NO3S/c21-12-15-11-14(13-24-15)7-3-1-2-6-10-20-18(22)16-8-4-5-9-17(16)19(20)23/h4-5,8-9,11-13H,1-2,6,10H2. The molecule has 0 unspecified atom stereocenters. The number of thiophene rings is 1. The predicted molar refractivity (Wildman–Crippen MR) is 92.2 cm³/mol. The van der Waals surface area contributed by atoms with Gasteiger partial charge in [0.25, 0.3) is 11.8 Å². The van der Waals surface area contributed by atoms with Gasteiger partial charge in [0.15, 0.2) is 6.29 Å². The highest BCUT2D eigenvalue weighted by Crippen LogP contribution is 2.22. The Morgan fingerprint density at radius 1 is 1.08 bits per heavy atom. The Balaban J connectivity index is 1.47. The summed E-state index contributed by atoms with van der Waals surface area (Å²) in [6.45, 7) is 0.418. The fraction of sp³-hybridized carbons (Fsp3) is 0.211. The monoisotopic (exact) mass is 337 g/mol. The van der Waals surface area contributed by atoms with Crippen LogP contribution < -0.4 is 0 Å². The lowest BCUT2D eigenvalue weighted by atomic mass is 10.1. The van der Waals surface area contributed by atoms with E-state index >= 15 is 0 Å². The number of unbranched alkanes of at least 4 members (excludes halogenated alkanes) is 2. The molecule has 120 valence electrons. The van der Waals surface area contributed by atoms with Crippen LogP contribution in [0, 0.1) is 11.8 Å². The van der Waals surface area contributed by atoms with Crippen LogP contribution in [-0.4, -0.2) is 29.5 Å². The van der Waals surface area contributed by atoms with Gasteiger partial charge in [-0.2, -0.15) is 0 Å². The fourth-order valence-corrected chi connectivity index (χ4v) is 3.21. The molecule has 4 nitrogen and oxygen atoms in total. The first-order valence-electron chi connectivity index (χ1n) is 7.68. The van der Waals surface area contributed by atoms with Crippen molar-refractivity contribution in [2.24, 2.45) is 0 Å². The zero-order valence-corrected chi connectivity index (χ0v) is 13.8. The van der Waals surface area contributed by atoms with Crippen LogP contribution >= 0.6 is 11.3 Å². The van der Waals surface area contributed by atoms with Crippen LogP contribution in [0.2, 0.25) is 0 Å². The molecule has 0 radical (unpaired) electrons. The summed E-state index contributed by atoms with van der Waals surface area (Å²) in [7, 11) is 0. The maximum absolute atomic E-state index is 12.2. The first-order valence-corrected chi connectivity index (χ1v) is 8.56. The summed E-state index contributed by atoms with van der Waals surface area (Å²) in [5.41, 5.74) is 1.83. The van der Waals surface area contributed by atoms with Crippen LogP contribution in [0.25, 0.3) is 0 Å². The summed E-state index contributed by atoms with van der Waals surface area (Å²) in [6, 6.07) is 8.68. The van der Waals surface area contributed by atoms with E-state index in [9.17, 15) is 14.4 Å². The number of aldehydes is 1. The van der Waals surface area contributed by atoms with Crippen molar-refractivity contribution in [2.75, 3.05) is 6.54 Å². The molecule has 2 aromatic rings. The minimum Gasteiger partial charge on any atom is -0.297 e. The van der Waals surface area contributed by atoms with E-state index in [0.29, 0.717) is 29.0 Å². The highest BCUT2D eigenvalue weighted by Gasteiger charge is 2.34. The van der Waals surface area contributed by atoms with E-state index in [0.717, 1.165) is 24.7 Å². The minimum atomic E-state index is -0.207. The number of rotatable bonds is 5. The van der Waals surface area contributed by atoms with Gasteiger partial charge in [-0.1, -0.05) is 24.0 Å². The first kappa shape index (κ1) is 16.2. The molecule has 0 saturated heterocycles. The maximum Gasteiger partial charge on any atom is 0.261 e. The number of carbonyl (C=O) groups excluding carboxylic acids is 3. The number of hydrogen-bond acceptors (Lipinski definition) is 4. The Labute approximate surface area is 144 Å². The lowest BCUT2D eigenvalue weighted by Gasteiger charge is -2.12. The molecule has 0 bridgehead atoms. The van der Waals surface area contributed by atoms with Crippen molar-refractivity contribution in [3.05, 3.63) is 57.3 Å². The van der Waals surface area contributed by atoms with E-state index in [-0.39, 0.29) is 11.8 Å². The average molecular weight is 337 g/mol. The largest absolute Gasteiger partial charge is 0.297 e. The normalized spacial score (nSPS) is 12.8. The topological polar surface area (TPSA) is 54.5 Å². The van der Waals surface area contributed by atoms with Crippen LogP contribution in [0.4, 0.5) is 0 Å². The van der Waals surface area contributed by atoms with Gasteiger partial charge in [0.05, 0.1) is 16.0 Å². The van der Waals surface area contributed by atoms with Gasteiger partial charge in [0.2, 0.25) is 0 Å². The van der Waals surface area contributed by atoms with E-state index in [1.54, 1.807) is 30.3 Å². The third-order valence-corrected chi connectivity index (χ3v) is 4.64. The zero-order valence-electron chi connectivity index (χ0n) is 13.0. The molecule has 1 aromatic carbocycles. The van der Waals surface area contributed by atoms with Gasteiger partial charge >= 0.3 is 0 Å². The molecule has 1 aromatic heterocycles. The number of nitrogens with zero attached hydrogens (tertiary/aromatic N) is 1. The van der Waals surface area contributed by atoms with Crippen LogP contribution in [-0.2, 0) is 0 Å². The summed E-state index contributed by atoms with van der Waals surface area (Å²) in [6.07, 6.45) is 3.04.